The van der Waals surface area contributed by atoms with E-state index in [4.69, 9.17) is 24.4 Å². The molecule has 0 amide bonds. The fraction of sp³-hybridized carbons (Fsp3) is 0.286. The molecule has 0 saturated heterocycles. The number of para-hydroxylation sites is 1. The summed E-state index contributed by atoms with van der Waals surface area (Å²) in [6, 6.07) is 10.0. The van der Waals surface area contributed by atoms with E-state index in [9.17, 15) is 0 Å². The van der Waals surface area contributed by atoms with Crippen LogP contribution in [0.25, 0.3) is 0 Å². The normalized spacial score (nSPS) is 10.5. The standard InChI is InChI=1S/C14H21N7S2/c1-15-13(22)19-17-8-10-21(12-6-4-3-5-7-12)11-9-18-20-14(23)16-2/h3-9H,10-11H2,1-2H3,(H2,15,19,22)(H2,16,20,23)/b17-8-,18-9-. The molecule has 0 saturated carbocycles. The zero-order valence-electron chi connectivity index (χ0n) is 13.1. The van der Waals surface area contributed by atoms with E-state index in [0.717, 1.165) is 5.69 Å². The van der Waals surface area contributed by atoms with Crippen molar-refractivity contribution in [3.05, 3.63) is 30.3 Å². The molecule has 23 heavy (non-hydrogen) atoms. The second-order valence-electron chi connectivity index (χ2n) is 4.25. The van der Waals surface area contributed by atoms with Gasteiger partial charge in [-0.3, -0.25) is 10.9 Å². The number of nitrogens with zero attached hydrogens (tertiary/aromatic N) is 3. The van der Waals surface area contributed by atoms with Gasteiger partial charge >= 0.3 is 0 Å². The third-order valence-electron chi connectivity index (χ3n) is 2.69. The molecule has 0 spiro atoms. The van der Waals surface area contributed by atoms with Gasteiger partial charge in [-0.2, -0.15) is 10.2 Å². The predicted molar refractivity (Wildman–Crippen MR) is 105 cm³/mol. The van der Waals surface area contributed by atoms with Gasteiger partial charge in [-0.05, 0) is 36.6 Å². The molecule has 7 nitrogen and oxygen atoms in total. The molecule has 0 aliphatic carbocycles. The van der Waals surface area contributed by atoms with Gasteiger partial charge in [-0.1, -0.05) is 18.2 Å². The van der Waals surface area contributed by atoms with Gasteiger partial charge < -0.3 is 15.5 Å². The summed E-state index contributed by atoms with van der Waals surface area (Å²) in [4.78, 5) is 2.10. The Balaban J connectivity index is 2.60. The highest BCUT2D eigenvalue weighted by atomic mass is 32.1. The van der Waals surface area contributed by atoms with Crippen molar-refractivity contribution in [1.29, 1.82) is 0 Å². The van der Waals surface area contributed by atoms with Gasteiger partial charge in [0.05, 0.1) is 13.1 Å². The largest absolute Gasteiger partial charge is 0.364 e. The summed E-state index contributed by atoms with van der Waals surface area (Å²) >= 11 is 9.90. The van der Waals surface area contributed by atoms with Crippen molar-refractivity contribution in [3.8, 4) is 0 Å². The van der Waals surface area contributed by atoms with Crippen LogP contribution in [0.1, 0.15) is 0 Å². The van der Waals surface area contributed by atoms with Crippen LogP contribution in [0.5, 0.6) is 0 Å². The number of anilines is 1. The van der Waals surface area contributed by atoms with Crippen molar-refractivity contribution >= 4 is 52.8 Å². The van der Waals surface area contributed by atoms with Crippen LogP contribution in [0.2, 0.25) is 0 Å². The van der Waals surface area contributed by atoms with Crippen LogP contribution < -0.4 is 26.4 Å². The Hall–Kier alpha value is -2.26. The monoisotopic (exact) mass is 351 g/mol. The molecule has 0 heterocycles. The van der Waals surface area contributed by atoms with Crippen LogP contribution in [0, 0.1) is 0 Å². The lowest BCUT2D eigenvalue weighted by Crippen LogP contribution is -2.32. The summed E-state index contributed by atoms with van der Waals surface area (Å²) in [6.07, 6.45) is 3.49. The third-order valence-corrected chi connectivity index (χ3v) is 3.29. The molecule has 0 aliphatic heterocycles. The summed E-state index contributed by atoms with van der Waals surface area (Å²) in [5.41, 5.74) is 6.51. The van der Waals surface area contributed by atoms with E-state index >= 15 is 0 Å². The molecule has 4 N–H and O–H groups in total. The van der Waals surface area contributed by atoms with Gasteiger partial charge in [0, 0.05) is 32.2 Å². The second-order valence-corrected chi connectivity index (χ2v) is 5.06. The van der Waals surface area contributed by atoms with Gasteiger partial charge in [0.25, 0.3) is 0 Å². The minimum absolute atomic E-state index is 0.471. The van der Waals surface area contributed by atoms with Crippen LogP contribution in [-0.4, -0.2) is 49.8 Å². The van der Waals surface area contributed by atoms with Crippen molar-refractivity contribution < 1.29 is 0 Å². The van der Waals surface area contributed by atoms with E-state index in [1.54, 1.807) is 26.5 Å². The zero-order chi connectivity index (χ0) is 16.9. The number of benzene rings is 1. The van der Waals surface area contributed by atoms with Crippen molar-refractivity contribution in [1.82, 2.24) is 21.5 Å². The molecule has 0 atom stereocenters. The molecule has 1 aromatic rings. The predicted octanol–water partition coefficient (Wildman–Crippen LogP) is 0.652. The molecule has 1 aromatic carbocycles. The van der Waals surface area contributed by atoms with Crippen molar-refractivity contribution in [2.24, 2.45) is 10.2 Å². The maximum absolute atomic E-state index is 4.95. The smallest absolute Gasteiger partial charge is 0.186 e. The van der Waals surface area contributed by atoms with Crippen molar-refractivity contribution in [2.75, 3.05) is 32.1 Å². The van der Waals surface area contributed by atoms with E-state index < -0.39 is 0 Å². The average molecular weight is 352 g/mol. The quantitative estimate of drug-likeness (QED) is 0.326. The van der Waals surface area contributed by atoms with Crippen LogP contribution in [0.3, 0.4) is 0 Å². The number of hydrazone groups is 2. The number of hydrogen-bond donors (Lipinski definition) is 4. The van der Waals surface area contributed by atoms with E-state index in [1.165, 1.54) is 0 Å². The fourth-order valence-electron chi connectivity index (χ4n) is 1.52. The van der Waals surface area contributed by atoms with E-state index in [0.29, 0.717) is 23.3 Å². The maximum atomic E-state index is 4.95. The summed E-state index contributed by atoms with van der Waals surface area (Å²) in [7, 11) is 3.47. The maximum Gasteiger partial charge on any atom is 0.186 e. The Morgan fingerprint density at radius 1 is 0.957 bits per heavy atom. The first kappa shape index (κ1) is 18.8. The molecular weight excluding hydrogens is 330 g/mol. The fourth-order valence-corrected chi connectivity index (χ4v) is 1.63. The van der Waals surface area contributed by atoms with Crippen LogP contribution in [0.15, 0.2) is 40.5 Å². The molecule has 0 radical (unpaired) electrons. The molecule has 0 fully saturated rings. The minimum Gasteiger partial charge on any atom is -0.364 e. The van der Waals surface area contributed by atoms with Crippen molar-refractivity contribution in [3.63, 3.8) is 0 Å². The molecular formula is C14H21N7S2. The van der Waals surface area contributed by atoms with E-state index in [2.05, 4.69) is 36.6 Å². The Kier molecular flexibility index (Phi) is 9.25. The highest BCUT2D eigenvalue weighted by molar-refractivity contribution is 7.80. The van der Waals surface area contributed by atoms with E-state index in [-0.39, 0.29) is 0 Å². The highest BCUT2D eigenvalue weighted by Gasteiger charge is 2.02. The van der Waals surface area contributed by atoms with Gasteiger partial charge in [-0.25, -0.2) is 0 Å². The molecule has 0 unspecified atom stereocenters. The Morgan fingerprint density at radius 2 is 1.43 bits per heavy atom. The van der Waals surface area contributed by atoms with E-state index in [1.807, 2.05) is 30.3 Å². The lowest BCUT2D eigenvalue weighted by molar-refractivity contribution is 0.946. The average Bonchev–Trinajstić information content (AvgIpc) is 2.60. The van der Waals surface area contributed by atoms with Gasteiger partial charge in [0.15, 0.2) is 10.2 Å². The van der Waals surface area contributed by atoms with Gasteiger partial charge in [-0.15, -0.1) is 0 Å². The Labute approximate surface area is 147 Å². The Bertz CT molecular complexity index is 515. The summed E-state index contributed by atoms with van der Waals surface area (Å²) in [6.45, 7) is 1.21. The first-order chi connectivity index (χ1) is 11.2. The lowest BCUT2D eigenvalue weighted by Gasteiger charge is -2.20. The minimum atomic E-state index is 0.471. The second kappa shape index (κ2) is 11.3. The number of rotatable bonds is 7. The molecule has 124 valence electrons. The van der Waals surface area contributed by atoms with Crippen LogP contribution in [-0.2, 0) is 0 Å². The Morgan fingerprint density at radius 3 is 1.87 bits per heavy atom. The first-order valence-corrected chi connectivity index (χ1v) is 7.77. The molecule has 0 aliphatic rings. The summed E-state index contributed by atoms with van der Waals surface area (Å²) in [5.74, 6) is 0. The molecule has 1 rings (SSSR count). The number of nitrogens with one attached hydrogen (secondary N) is 4. The highest BCUT2D eigenvalue weighted by Crippen LogP contribution is 2.11. The van der Waals surface area contributed by atoms with Crippen molar-refractivity contribution in [2.45, 2.75) is 0 Å². The summed E-state index contributed by atoms with van der Waals surface area (Å²) < 4.78 is 0. The molecule has 9 heteroatoms. The van der Waals surface area contributed by atoms with Gasteiger partial charge in [0.1, 0.15) is 0 Å². The molecule has 0 aromatic heterocycles. The zero-order valence-corrected chi connectivity index (χ0v) is 14.7. The first-order valence-electron chi connectivity index (χ1n) is 6.96. The van der Waals surface area contributed by atoms with Gasteiger partial charge in [0.2, 0.25) is 0 Å². The van der Waals surface area contributed by atoms with Crippen LogP contribution >= 0.6 is 24.4 Å². The SMILES string of the molecule is CNC(=S)N/N=C\CN(C/C=N\NC(=S)NC)c1ccccc1. The summed E-state index contributed by atoms with van der Waals surface area (Å²) in [5, 5.41) is 14.7. The lowest BCUT2D eigenvalue weighted by atomic mass is 10.3. The van der Waals surface area contributed by atoms with Crippen LogP contribution in [0.4, 0.5) is 5.69 Å². The number of thiocarbonyl (C=S) groups is 2. The number of hydrogen-bond acceptors (Lipinski definition) is 5. The topological polar surface area (TPSA) is 76.1 Å². The third kappa shape index (κ3) is 8.07. The molecule has 0 bridgehead atoms.